The largest absolute Gasteiger partial charge is 0.504 e. The lowest BCUT2D eigenvalue weighted by Crippen LogP contribution is -2.38. The van der Waals surface area contributed by atoms with E-state index in [-0.39, 0.29) is 29.8 Å². The summed E-state index contributed by atoms with van der Waals surface area (Å²) in [7, 11) is 0. The predicted molar refractivity (Wildman–Crippen MR) is 152 cm³/mol. The van der Waals surface area contributed by atoms with E-state index in [1.807, 2.05) is 12.1 Å². The van der Waals surface area contributed by atoms with Crippen molar-refractivity contribution in [3.05, 3.63) is 71.4 Å². The quantitative estimate of drug-likeness (QED) is 0.280. The van der Waals surface area contributed by atoms with Crippen molar-refractivity contribution in [1.29, 1.82) is 5.26 Å². The van der Waals surface area contributed by atoms with Gasteiger partial charge >= 0.3 is 5.97 Å². The SMILES string of the molecule is N#Cc1ccc(OCc2nccc(OC3CCN(Cc4nc5ccc(C(=O)O)cc5n4CC4CCC4)CC3)n2)c(O)c1. The highest BCUT2D eigenvalue weighted by atomic mass is 16.5. The van der Waals surface area contributed by atoms with Crippen LogP contribution in [0.15, 0.2) is 48.7 Å². The summed E-state index contributed by atoms with van der Waals surface area (Å²) in [6, 6.07) is 13.3. The molecule has 42 heavy (non-hydrogen) atoms. The molecule has 2 aromatic carbocycles. The number of aromatic hydroxyl groups is 1. The minimum Gasteiger partial charge on any atom is -0.504 e. The summed E-state index contributed by atoms with van der Waals surface area (Å²) in [5.41, 5.74) is 2.37. The zero-order valence-corrected chi connectivity index (χ0v) is 23.1. The number of nitrogens with zero attached hydrogens (tertiary/aromatic N) is 6. The minimum atomic E-state index is -0.925. The maximum Gasteiger partial charge on any atom is 0.335 e. The lowest BCUT2D eigenvalue weighted by molar-refractivity contribution is 0.0697. The van der Waals surface area contributed by atoms with Crippen LogP contribution in [-0.4, -0.2) is 59.8 Å². The number of benzene rings is 2. The van der Waals surface area contributed by atoms with Crippen molar-refractivity contribution in [1.82, 2.24) is 24.4 Å². The predicted octanol–water partition coefficient (Wildman–Crippen LogP) is 4.52. The molecule has 11 nitrogen and oxygen atoms in total. The lowest BCUT2D eigenvalue weighted by Gasteiger charge is -2.32. The highest BCUT2D eigenvalue weighted by Crippen LogP contribution is 2.31. The van der Waals surface area contributed by atoms with Crippen molar-refractivity contribution >= 4 is 17.0 Å². The molecule has 0 bridgehead atoms. The van der Waals surface area contributed by atoms with Crippen molar-refractivity contribution in [3.8, 4) is 23.4 Å². The van der Waals surface area contributed by atoms with Gasteiger partial charge in [-0.1, -0.05) is 6.42 Å². The number of carbonyl (C=O) groups is 1. The molecule has 1 aliphatic carbocycles. The Morgan fingerprint density at radius 3 is 2.62 bits per heavy atom. The first kappa shape index (κ1) is 27.5. The molecule has 2 N–H and O–H groups in total. The van der Waals surface area contributed by atoms with Gasteiger partial charge in [-0.3, -0.25) is 4.90 Å². The summed E-state index contributed by atoms with van der Waals surface area (Å²) in [4.78, 5) is 27.6. The summed E-state index contributed by atoms with van der Waals surface area (Å²) in [5, 5.41) is 28.5. The Balaban J connectivity index is 1.06. The molecule has 0 atom stereocenters. The van der Waals surface area contributed by atoms with E-state index in [2.05, 4.69) is 19.4 Å². The molecule has 1 saturated carbocycles. The molecule has 2 fully saturated rings. The van der Waals surface area contributed by atoms with Gasteiger partial charge < -0.3 is 24.3 Å². The van der Waals surface area contributed by atoms with Crippen molar-refractivity contribution < 1.29 is 24.5 Å². The van der Waals surface area contributed by atoms with Crippen molar-refractivity contribution in [2.45, 2.75) is 57.9 Å². The number of likely N-dealkylation sites (tertiary alicyclic amines) is 1. The molecule has 6 rings (SSSR count). The Kier molecular flexibility index (Phi) is 7.88. The van der Waals surface area contributed by atoms with Gasteiger partial charge in [0.05, 0.1) is 34.8 Å². The Morgan fingerprint density at radius 1 is 1.07 bits per heavy atom. The number of aromatic carboxylic acids is 1. The molecule has 0 radical (unpaired) electrons. The molecule has 0 amide bonds. The molecule has 1 saturated heterocycles. The molecule has 216 valence electrons. The number of imidazole rings is 1. The topological polar surface area (TPSA) is 147 Å². The summed E-state index contributed by atoms with van der Waals surface area (Å²) >= 11 is 0. The first-order chi connectivity index (χ1) is 20.4. The second-order valence-corrected chi connectivity index (χ2v) is 10.9. The maximum absolute atomic E-state index is 11.6. The number of hydrogen-bond donors (Lipinski definition) is 2. The number of phenolic OH excluding ortho intramolecular Hbond substituents is 1. The number of ether oxygens (including phenoxy) is 2. The van der Waals surface area contributed by atoms with E-state index in [1.165, 1.54) is 31.4 Å². The van der Waals surface area contributed by atoms with Crippen LogP contribution in [-0.2, 0) is 19.7 Å². The summed E-state index contributed by atoms with van der Waals surface area (Å²) in [5.74, 6) is 1.70. The van der Waals surface area contributed by atoms with Crippen molar-refractivity contribution in [2.24, 2.45) is 5.92 Å². The first-order valence-electron chi connectivity index (χ1n) is 14.2. The van der Waals surface area contributed by atoms with Crippen LogP contribution in [0, 0.1) is 17.2 Å². The first-order valence-corrected chi connectivity index (χ1v) is 14.2. The monoisotopic (exact) mass is 568 g/mol. The van der Waals surface area contributed by atoms with Crippen LogP contribution in [0.25, 0.3) is 11.0 Å². The third-order valence-electron chi connectivity index (χ3n) is 8.05. The van der Waals surface area contributed by atoms with Crippen LogP contribution in [0.4, 0.5) is 0 Å². The molecular formula is C31H32N6O5. The average molecular weight is 569 g/mol. The van der Waals surface area contributed by atoms with Gasteiger partial charge in [0.25, 0.3) is 0 Å². The third-order valence-corrected chi connectivity index (χ3v) is 8.05. The lowest BCUT2D eigenvalue weighted by atomic mass is 9.85. The number of piperidine rings is 1. The highest BCUT2D eigenvalue weighted by Gasteiger charge is 2.25. The van der Waals surface area contributed by atoms with E-state index < -0.39 is 5.97 Å². The van der Waals surface area contributed by atoms with Crippen LogP contribution < -0.4 is 9.47 Å². The van der Waals surface area contributed by atoms with Gasteiger partial charge in [0.2, 0.25) is 5.88 Å². The highest BCUT2D eigenvalue weighted by molar-refractivity contribution is 5.92. The van der Waals surface area contributed by atoms with Gasteiger partial charge in [-0.2, -0.15) is 10.2 Å². The fourth-order valence-corrected chi connectivity index (χ4v) is 5.49. The van der Waals surface area contributed by atoms with E-state index in [1.54, 1.807) is 30.5 Å². The zero-order chi connectivity index (χ0) is 29.1. The smallest absolute Gasteiger partial charge is 0.335 e. The number of carboxylic acids is 1. The van der Waals surface area contributed by atoms with Gasteiger partial charge in [-0.15, -0.1) is 0 Å². The second kappa shape index (κ2) is 12.0. The Labute approximate surface area is 243 Å². The van der Waals surface area contributed by atoms with Crippen LogP contribution in [0.5, 0.6) is 17.4 Å². The molecular weight excluding hydrogens is 536 g/mol. The fourth-order valence-electron chi connectivity index (χ4n) is 5.49. The van der Waals surface area contributed by atoms with E-state index in [0.717, 1.165) is 49.3 Å². The van der Waals surface area contributed by atoms with Gasteiger partial charge in [-0.25, -0.2) is 14.8 Å². The number of phenols is 1. The minimum absolute atomic E-state index is 0.0133. The van der Waals surface area contributed by atoms with E-state index in [9.17, 15) is 15.0 Å². The summed E-state index contributed by atoms with van der Waals surface area (Å²) in [6.45, 7) is 3.31. The summed E-state index contributed by atoms with van der Waals surface area (Å²) in [6.07, 6.45) is 6.96. The van der Waals surface area contributed by atoms with Gasteiger partial charge in [0.1, 0.15) is 18.5 Å². The second-order valence-electron chi connectivity index (χ2n) is 10.9. The number of aromatic nitrogens is 4. The molecule has 0 spiro atoms. The fraction of sp³-hybridized carbons (Fsp3) is 0.387. The number of hydrogen-bond acceptors (Lipinski definition) is 9. The molecule has 4 aromatic rings. The zero-order valence-electron chi connectivity index (χ0n) is 23.1. The number of fused-ring (bicyclic) bond motifs is 1. The average Bonchev–Trinajstić information content (AvgIpc) is 3.31. The normalized spacial score (nSPS) is 16.2. The van der Waals surface area contributed by atoms with E-state index >= 15 is 0 Å². The van der Waals surface area contributed by atoms with Crippen molar-refractivity contribution in [3.63, 3.8) is 0 Å². The number of carboxylic acid groups (broad SMARTS) is 1. The third kappa shape index (κ3) is 6.14. The van der Waals surface area contributed by atoms with Gasteiger partial charge in [0.15, 0.2) is 17.3 Å². The summed E-state index contributed by atoms with van der Waals surface area (Å²) < 4.78 is 14.1. The standard InChI is InChI=1S/C31H32N6O5/c32-16-21-4-7-27(26(38)14-21)41-19-28-33-11-8-30(35-28)42-23-9-12-36(13-10-23)18-29-34-24-6-5-22(31(39)40)15-25(24)37(29)17-20-2-1-3-20/h4-8,11,14-15,20,23,38H,1-3,9-10,12-13,17-19H2,(H,39,40). The Bertz CT molecular complexity index is 1630. The van der Waals surface area contributed by atoms with E-state index in [4.69, 9.17) is 19.7 Å². The molecule has 3 heterocycles. The molecule has 1 aliphatic heterocycles. The molecule has 11 heteroatoms. The van der Waals surface area contributed by atoms with Crippen LogP contribution >= 0.6 is 0 Å². The molecule has 0 unspecified atom stereocenters. The van der Waals surface area contributed by atoms with Gasteiger partial charge in [0, 0.05) is 38.0 Å². The van der Waals surface area contributed by atoms with Crippen molar-refractivity contribution in [2.75, 3.05) is 13.1 Å². The maximum atomic E-state index is 11.6. The van der Waals surface area contributed by atoms with Gasteiger partial charge in [-0.05, 0) is 61.9 Å². The number of rotatable bonds is 10. The van der Waals surface area contributed by atoms with Crippen LogP contribution in [0.1, 0.15) is 59.7 Å². The van der Waals surface area contributed by atoms with E-state index in [0.29, 0.717) is 29.7 Å². The molecule has 2 aliphatic rings. The van der Waals surface area contributed by atoms with Crippen LogP contribution in [0.3, 0.4) is 0 Å². The Morgan fingerprint density at radius 2 is 1.90 bits per heavy atom. The molecule has 2 aromatic heterocycles. The Hall–Kier alpha value is -4.69. The van der Waals surface area contributed by atoms with Crippen LogP contribution in [0.2, 0.25) is 0 Å². The number of nitriles is 1.